The molecule has 1 saturated heterocycles. The maximum Gasteiger partial charge on any atom is 0.241 e. The Morgan fingerprint density at radius 2 is 2.30 bits per heavy atom. The first-order valence-corrected chi connectivity index (χ1v) is 8.30. The van der Waals surface area contributed by atoms with Gasteiger partial charge in [-0.05, 0) is 25.0 Å². The lowest BCUT2D eigenvalue weighted by atomic mass is 9.83. The van der Waals surface area contributed by atoms with E-state index in [1.165, 1.54) is 6.07 Å². The number of sulfonamides is 1. The first-order chi connectivity index (χ1) is 9.42. The van der Waals surface area contributed by atoms with Crippen LogP contribution >= 0.6 is 0 Å². The summed E-state index contributed by atoms with van der Waals surface area (Å²) < 4.78 is 23.3. The molecule has 1 aliphatic heterocycles. The smallest absolute Gasteiger partial charge is 0.241 e. The molecule has 2 heterocycles. The van der Waals surface area contributed by atoms with Crippen molar-refractivity contribution in [3.8, 4) is 0 Å². The van der Waals surface area contributed by atoms with E-state index in [1.54, 1.807) is 12.3 Å². The number of hydrogen-bond acceptors (Lipinski definition) is 5. The standard InChI is InChI=1S/C13H21N3O3S/c1-2-5-13(10-17)6-8-16(9-13)12-11(20(14,18)19)4-3-7-15-12/h3-4,7,17H,2,5-6,8-10H2,1H3,(H2,14,18,19). The van der Waals surface area contributed by atoms with Crippen LogP contribution in [0.5, 0.6) is 0 Å². The molecule has 0 bridgehead atoms. The summed E-state index contributed by atoms with van der Waals surface area (Å²) in [5, 5.41) is 14.9. The molecule has 0 radical (unpaired) electrons. The summed E-state index contributed by atoms with van der Waals surface area (Å²) in [5.74, 6) is 0.390. The predicted octanol–water partition coefficient (Wildman–Crippen LogP) is 0.718. The van der Waals surface area contributed by atoms with E-state index in [0.717, 1.165) is 19.3 Å². The fourth-order valence-corrected chi connectivity index (χ4v) is 3.60. The van der Waals surface area contributed by atoms with Gasteiger partial charge in [-0.15, -0.1) is 0 Å². The molecular formula is C13H21N3O3S. The van der Waals surface area contributed by atoms with Crippen LogP contribution < -0.4 is 10.0 Å². The lowest BCUT2D eigenvalue weighted by Crippen LogP contribution is -2.31. The molecule has 20 heavy (non-hydrogen) atoms. The van der Waals surface area contributed by atoms with Crippen molar-refractivity contribution in [3.63, 3.8) is 0 Å². The minimum atomic E-state index is -3.79. The molecule has 112 valence electrons. The van der Waals surface area contributed by atoms with Crippen molar-refractivity contribution < 1.29 is 13.5 Å². The molecule has 0 amide bonds. The molecule has 1 fully saturated rings. The lowest BCUT2D eigenvalue weighted by molar-refractivity contribution is 0.134. The van der Waals surface area contributed by atoms with Crippen LogP contribution in [0.15, 0.2) is 23.2 Å². The van der Waals surface area contributed by atoms with Crippen molar-refractivity contribution in [2.24, 2.45) is 10.6 Å². The number of nitrogens with two attached hydrogens (primary N) is 1. The number of pyridine rings is 1. The predicted molar refractivity (Wildman–Crippen MR) is 76.9 cm³/mol. The molecule has 1 aliphatic rings. The Morgan fingerprint density at radius 3 is 2.90 bits per heavy atom. The van der Waals surface area contributed by atoms with Crippen LogP contribution in [0.2, 0.25) is 0 Å². The molecule has 0 saturated carbocycles. The highest BCUT2D eigenvalue weighted by Crippen LogP contribution is 2.37. The Labute approximate surface area is 119 Å². The molecule has 2 rings (SSSR count). The highest BCUT2D eigenvalue weighted by molar-refractivity contribution is 7.89. The average molecular weight is 299 g/mol. The van der Waals surface area contributed by atoms with E-state index < -0.39 is 10.0 Å². The molecule has 0 spiro atoms. The van der Waals surface area contributed by atoms with E-state index in [2.05, 4.69) is 11.9 Å². The first-order valence-electron chi connectivity index (χ1n) is 6.75. The number of rotatable bonds is 5. The zero-order valence-corrected chi connectivity index (χ0v) is 12.4. The Hall–Kier alpha value is -1.18. The SMILES string of the molecule is CCCC1(CO)CCN(c2ncccc2S(N)(=O)=O)C1. The van der Waals surface area contributed by atoms with Gasteiger partial charge in [0.15, 0.2) is 0 Å². The highest BCUT2D eigenvalue weighted by Gasteiger charge is 2.38. The third-order valence-electron chi connectivity index (χ3n) is 3.91. The zero-order valence-electron chi connectivity index (χ0n) is 11.6. The number of anilines is 1. The van der Waals surface area contributed by atoms with Gasteiger partial charge in [0.1, 0.15) is 10.7 Å². The molecule has 3 N–H and O–H groups in total. The Balaban J connectivity index is 2.31. The minimum absolute atomic E-state index is 0.0465. The summed E-state index contributed by atoms with van der Waals surface area (Å²) in [7, 11) is -3.79. The maximum atomic E-state index is 11.6. The number of aromatic nitrogens is 1. The molecule has 6 nitrogen and oxygen atoms in total. The second-order valence-electron chi connectivity index (χ2n) is 5.45. The van der Waals surface area contributed by atoms with Crippen molar-refractivity contribution in [1.82, 2.24) is 4.98 Å². The average Bonchev–Trinajstić information content (AvgIpc) is 2.83. The fraction of sp³-hybridized carbons (Fsp3) is 0.615. The van der Waals surface area contributed by atoms with Gasteiger partial charge in [0, 0.05) is 24.7 Å². The van der Waals surface area contributed by atoms with E-state index in [1.807, 2.05) is 4.90 Å². The van der Waals surface area contributed by atoms with E-state index in [-0.39, 0.29) is 16.9 Å². The van der Waals surface area contributed by atoms with Crippen LogP contribution in [0.25, 0.3) is 0 Å². The van der Waals surface area contributed by atoms with E-state index in [0.29, 0.717) is 18.9 Å². The van der Waals surface area contributed by atoms with E-state index in [4.69, 9.17) is 5.14 Å². The van der Waals surface area contributed by atoms with Gasteiger partial charge in [-0.2, -0.15) is 0 Å². The van der Waals surface area contributed by atoms with Crippen molar-refractivity contribution in [2.45, 2.75) is 31.1 Å². The van der Waals surface area contributed by atoms with Gasteiger partial charge in [-0.3, -0.25) is 0 Å². The summed E-state index contributed by atoms with van der Waals surface area (Å²) >= 11 is 0. The number of aliphatic hydroxyl groups excluding tert-OH is 1. The van der Waals surface area contributed by atoms with Crippen LogP contribution in [0.3, 0.4) is 0 Å². The summed E-state index contributed by atoms with van der Waals surface area (Å²) in [6, 6.07) is 3.03. The normalized spacial score (nSPS) is 23.2. The van der Waals surface area contributed by atoms with Gasteiger partial charge in [-0.1, -0.05) is 13.3 Å². The van der Waals surface area contributed by atoms with Gasteiger partial charge in [0.25, 0.3) is 0 Å². The number of hydrogen-bond donors (Lipinski definition) is 2. The van der Waals surface area contributed by atoms with Crippen LogP contribution in [0.1, 0.15) is 26.2 Å². The van der Waals surface area contributed by atoms with Crippen LogP contribution in [0, 0.1) is 5.41 Å². The second-order valence-corrected chi connectivity index (χ2v) is 6.98. The lowest BCUT2D eigenvalue weighted by Gasteiger charge is -2.27. The van der Waals surface area contributed by atoms with Crippen molar-refractivity contribution in [1.29, 1.82) is 0 Å². The minimum Gasteiger partial charge on any atom is -0.396 e. The van der Waals surface area contributed by atoms with Crippen molar-refractivity contribution in [3.05, 3.63) is 18.3 Å². The molecule has 7 heteroatoms. The highest BCUT2D eigenvalue weighted by atomic mass is 32.2. The van der Waals surface area contributed by atoms with Crippen LogP contribution in [-0.2, 0) is 10.0 Å². The number of aliphatic hydroxyl groups is 1. The van der Waals surface area contributed by atoms with Crippen molar-refractivity contribution in [2.75, 3.05) is 24.6 Å². The first kappa shape index (κ1) is 15.2. The summed E-state index contributed by atoms with van der Waals surface area (Å²) in [6.07, 6.45) is 4.29. The Bertz CT molecular complexity index is 576. The Kier molecular flexibility index (Phi) is 4.31. The largest absolute Gasteiger partial charge is 0.396 e. The van der Waals surface area contributed by atoms with Crippen LogP contribution in [0.4, 0.5) is 5.82 Å². The molecule has 1 atom stereocenters. The van der Waals surface area contributed by atoms with Crippen molar-refractivity contribution >= 4 is 15.8 Å². The van der Waals surface area contributed by atoms with Gasteiger partial charge in [0.2, 0.25) is 10.0 Å². The third-order valence-corrected chi connectivity index (χ3v) is 4.84. The van der Waals surface area contributed by atoms with Gasteiger partial charge >= 0.3 is 0 Å². The molecule has 1 aromatic heterocycles. The Morgan fingerprint density at radius 1 is 1.55 bits per heavy atom. The topological polar surface area (TPSA) is 96.5 Å². The van der Waals surface area contributed by atoms with E-state index in [9.17, 15) is 13.5 Å². The summed E-state index contributed by atoms with van der Waals surface area (Å²) in [6.45, 7) is 3.47. The third kappa shape index (κ3) is 2.94. The fourth-order valence-electron chi connectivity index (χ4n) is 2.90. The van der Waals surface area contributed by atoms with Gasteiger partial charge in [0.05, 0.1) is 6.61 Å². The molecule has 1 unspecified atom stereocenters. The van der Waals surface area contributed by atoms with E-state index >= 15 is 0 Å². The molecule has 0 aromatic carbocycles. The van der Waals surface area contributed by atoms with Crippen LogP contribution in [-0.4, -0.2) is 38.2 Å². The number of nitrogens with zero attached hydrogens (tertiary/aromatic N) is 2. The molecular weight excluding hydrogens is 278 g/mol. The van der Waals surface area contributed by atoms with Gasteiger partial charge < -0.3 is 10.0 Å². The second kappa shape index (κ2) is 5.67. The summed E-state index contributed by atoms with van der Waals surface area (Å²) in [5.41, 5.74) is -0.165. The molecule has 1 aromatic rings. The number of primary sulfonamides is 1. The maximum absolute atomic E-state index is 11.6. The quantitative estimate of drug-likeness (QED) is 0.835. The zero-order chi connectivity index (χ0) is 14.8. The summed E-state index contributed by atoms with van der Waals surface area (Å²) in [4.78, 5) is 6.13. The monoisotopic (exact) mass is 299 g/mol. The molecule has 0 aliphatic carbocycles. The van der Waals surface area contributed by atoms with Gasteiger partial charge in [-0.25, -0.2) is 18.5 Å².